The molecule has 0 heterocycles. The van der Waals surface area contributed by atoms with E-state index in [1.807, 2.05) is 0 Å². The van der Waals surface area contributed by atoms with Crippen molar-refractivity contribution >= 4 is 6.79 Å². The van der Waals surface area contributed by atoms with E-state index in [-0.39, 0.29) is 37.1 Å². The fraction of sp³-hybridized carbons (Fsp3) is 0.750. The summed E-state index contributed by atoms with van der Waals surface area (Å²) in [6.07, 6.45) is 3.89. The van der Waals surface area contributed by atoms with Crippen molar-refractivity contribution in [3.05, 3.63) is 13.8 Å². The van der Waals surface area contributed by atoms with Gasteiger partial charge in [0.15, 0.2) is 0 Å². The molecule has 3 heteroatoms. The van der Waals surface area contributed by atoms with Crippen LogP contribution >= 0.6 is 0 Å². The summed E-state index contributed by atoms with van der Waals surface area (Å²) in [5.41, 5.74) is 0. The van der Waals surface area contributed by atoms with Crippen LogP contribution in [0.3, 0.4) is 0 Å². The van der Waals surface area contributed by atoms with Crippen LogP contribution < -0.4 is 0 Å². The van der Waals surface area contributed by atoms with Crippen molar-refractivity contribution in [1.82, 2.24) is 0 Å². The standard InChI is InChI=1S/C4H10.C3H8.2C2H5.CHO.2V/c1-3-4-2;1-3-2;3*1-2;;/h3-4H2,1-2H3;3H2,1-2H3;2*1H2,2H3;1H;;/q;;3*-1;;+2. The maximum Gasteiger partial charge on any atom is 2.00 e. The van der Waals surface area contributed by atoms with Crippen molar-refractivity contribution in [1.29, 1.82) is 0 Å². The second-order valence-electron chi connectivity index (χ2n) is 1.71. The predicted octanol–water partition coefficient (Wildman–Crippen LogP) is 4.62. The van der Waals surface area contributed by atoms with Crippen LogP contribution in [0.1, 0.15) is 60.8 Å². The minimum absolute atomic E-state index is 0. The van der Waals surface area contributed by atoms with E-state index in [4.69, 9.17) is 4.79 Å². The largest absolute Gasteiger partial charge is 2.00 e. The van der Waals surface area contributed by atoms with Gasteiger partial charge < -0.3 is 18.6 Å². The molecule has 0 aromatic carbocycles. The average molecular weight is 291 g/mol. The Morgan fingerprint density at radius 3 is 0.867 bits per heavy atom. The van der Waals surface area contributed by atoms with Crippen LogP contribution in [0.5, 0.6) is 0 Å². The summed E-state index contributed by atoms with van der Waals surface area (Å²) >= 11 is 0. The van der Waals surface area contributed by atoms with Crippen LogP contribution in [-0.4, -0.2) is 6.79 Å². The van der Waals surface area contributed by atoms with Gasteiger partial charge in [0, 0.05) is 18.6 Å². The van der Waals surface area contributed by atoms with E-state index in [1.54, 1.807) is 13.8 Å². The van der Waals surface area contributed by atoms with Crippen molar-refractivity contribution in [2.75, 3.05) is 0 Å². The summed E-state index contributed by atoms with van der Waals surface area (Å²) in [4.78, 5) is 7.75. The van der Waals surface area contributed by atoms with Crippen LogP contribution in [0.15, 0.2) is 0 Å². The first-order valence-corrected chi connectivity index (χ1v) is 4.98. The van der Waals surface area contributed by atoms with E-state index in [2.05, 4.69) is 48.3 Å². The average Bonchev–Trinajstić information content (AvgIpc) is 2.27. The molecule has 2 radical (unpaired) electrons. The van der Waals surface area contributed by atoms with Crippen LogP contribution in [0.2, 0.25) is 0 Å². The Bertz CT molecular complexity index is 27.6. The second kappa shape index (κ2) is 193. The van der Waals surface area contributed by atoms with Gasteiger partial charge >= 0.3 is 18.6 Å². The zero-order chi connectivity index (χ0) is 12.1. The Balaban J connectivity index is -0.0000000107. The first-order chi connectivity index (χ1) is 6.33. The SMILES string of the molecule is CCC.CCCC.[CH-]=O.[CH2-]C.[CH2-]C.[V+2].[V]. The van der Waals surface area contributed by atoms with Gasteiger partial charge in [-0.1, -0.05) is 47.0 Å². The molecule has 0 rings (SSSR count). The van der Waals surface area contributed by atoms with Gasteiger partial charge in [-0.2, -0.15) is 13.8 Å². The van der Waals surface area contributed by atoms with Crippen molar-refractivity contribution in [2.45, 2.75) is 60.8 Å². The molecule has 0 fully saturated rings. The number of hydrogen-bond acceptors (Lipinski definition) is 1. The van der Waals surface area contributed by atoms with E-state index >= 15 is 0 Å². The molecule has 0 aromatic heterocycles. The quantitative estimate of drug-likeness (QED) is 0.508. The Hall–Kier alpha value is 0.839. The first-order valence-electron chi connectivity index (χ1n) is 4.98. The molecule has 15 heavy (non-hydrogen) atoms. The Labute approximate surface area is 123 Å². The third kappa shape index (κ3) is 723. The van der Waals surface area contributed by atoms with Gasteiger partial charge in [-0.05, 0) is 0 Å². The Kier molecular flexibility index (Phi) is 574. The summed E-state index contributed by atoms with van der Waals surface area (Å²) in [5, 5.41) is 0. The van der Waals surface area contributed by atoms with Gasteiger partial charge in [-0.15, -0.1) is 0 Å². The summed E-state index contributed by atoms with van der Waals surface area (Å²) in [6.45, 7) is 21.9. The second-order valence-corrected chi connectivity index (χ2v) is 1.71. The van der Waals surface area contributed by atoms with Gasteiger partial charge in [0.1, 0.15) is 0 Å². The molecule has 1 nitrogen and oxygen atoms in total. The number of carbonyl (C=O) groups excluding carboxylic acids is 1. The zero-order valence-electron chi connectivity index (χ0n) is 11.4. The van der Waals surface area contributed by atoms with Gasteiger partial charge in [0.2, 0.25) is 0 Å². The van der Waals surface area contributed by atoms with E-state index in [1.165, 1.54) is 19.3 Å². The molecule has 0 aliphatic carbocycles. The molecule has 0 aliphatic rings. The third-order valence-corrected chi connectivity index (χ3v) is 0.500. The normalized spacial score (nSPS) is 4.27. The zero-order valence-corrected chi connectivity index (χ0v) is 14.2. The van der Waals surface area contributed by atoms with Crippen molar-refractivity contribution in [3.63, 3.8) is 0 Å². The minimum Gasteiger partial charge on any atom is -0.545 e. The van der Waals surface area contributed by atoms with Crippen molar-refractivity contribution in [3.8, 4) is 0 Å². The molecular formula is C12H29OV2-. The van der Waals surface area contributed by atoms with Crippen LogP contribution in [0.4, 0.5) is 0 Å². The van der Waals surface area contributed by atoms with Gasteiger partial charge in [-0.25, -0.2) is 0 Å². The summed E-state index contributed by atoms with van der Waals surface area (Å²) in [6, 6.07) is 0. The van der Waals surface area contributed by atoms with Crippen LogP contribution in [0.25, 0.3) is 0 Å². The van der Waals surface area contributed by atoms with E-state index < -0.39 is 0 Å². The fourth-order valence-corrected chi connectivity index (χ4v) is 0. The van der Waals surface area contributed by atoms with Gasteiger partial charge in [0.25, 0.3) is 0 Å². The molecule has 0 N–H and O–H groups in total. The predicted molar refractivity (Wildman–Crippen MR) is 65.4 cm³/mol. The number of hydrogen-bond donors (Lipinski definition) is 0. The summed E-state index contributed by atoms with van der Waals surface area (Å²) in [7, 11) is 0. The van der Waals surface area contributed by atoms with Gasteiger partial charge in [0.05, 0.1) is 0 Å². The Morgan fingerprint density at radius 2 is 0.867 bits per heavy atom. The first kappa shape index (κ1) is 44.6. The molecule has 0 amide bonds. The van der Waals surface area contributed by atoms with Crippen molar-refractivity contribution < 1.29 is 41.9 Å². The van der Waals surface area contributed by atoms with E-state index in [0.29, 0.717) is 0 Å². The Morgan fingerprint density at radius 1 is 0.800 bits per heavy atom. The number of unbranched alkanes of at least 4 members (excludes halogenated alkanes) is 1. The summed E-state index contributed by atoms with van der Waals surface area (Å²) in [5.74, 6) is 0. The molecule has 0 aliphatic heterocycles. The molecule has 0 atom stereocenters. The minimum atomic E-state index is 0. The maximum atomic E-state index is 7.75. The third-order valence-electron chi connectivity index (χ3n) is 0.500. The van der Waals surface area contributed by atoms with Crippen LogP contribution in [-0.2, 0) is 41.9 Å². The molecular weight excluding hydrogens is 262 g/mol. The van der Waals surface area contributed by atoms with E-state index in [9.17, 15) is 0 Å². The van der Waals surface area contributed by atoms with Crippen LogP contribution in [0, 0.1) is 13.8 Å². The summed E-state index contributed by atoms with van der Waals surface area (Å²) < 4.78 is 0. The number of rotatable bonds is 1. The topological polar surface area (TPSA) is 17.1 Å². The molecule has 0 saturated carbocycles. The van der Waals surface area contributed by atoms with Crippen molar-refractivity contribution in [2.24, 2.45) is 0 Å². The van der Waals surface area contributed by atoms with Gasteiger partial charge in [-0.3, -0.25) is 6.79 Å². The maximum absolute atomic E-state index is 7.75. The molecule has 0 saturated heterocycles. The molecule has 0 bridgehead atoms. The molecule has 0 unspecified atom stereocenters. The monoisotopic (exact) mass is 291 g/mol. The molecule has 0 spiro atoms. The smallest absolute Gasteiger partial charge is 0.545 e. The van der Waals surface area contributed by atoms with E-state index in [0.717, 1.165) is 0 Å². The molecule has 0 aromatic rings. The molecule has 94 valence electrons. The fourth-order valence-electron chi connectivity index (χ4n) is 0.